The molecule has 1 aromatic heterocycles. The molecular weight excluding hydrogens is 268 g/mol. The molecule has 1 aliphatic carbocycles. The maximum Gasteiger partial charge on any atom is 0.261 e. The smallest absolute Gasteiger partial charge is 0.261 e. The topological polar surface area (TPSA) is 55.1 Å². The maximum absolute atomic E-state index is 12.1. The van der Waals surface area contributed by atoms with Gasteiger partial charge in [0.05, 0.1) is 4.88 Å². The fourth-order valence-corrected chi connectivity index (χ4v) is 3.89. The highest BCUT2D eigenvalue weighted by molar-refractivity contribution is 7.14. The number of rotatable bonds is 4. The number of hydrogen-bond donors (Lipinski definition) is 2. The summed E-state index contributed by atoms with van der Waals surface area (Å²) < 4.78 is 0. The van der Waals surface area contributed by atoms with E-state index in [4.69, 9.17) is 5.73 Å². The highest BCUT2D eigenvalue weighted by Gasteiger charge is 2.30. The molecule has 0 saturated heterocycles. The number of carbonyl (C=O) groups is 1. The molecule has 0 saturated carbocycles. The van der Waals surface area contributed by atoms with Crippen LogP contribution in [0.1, 0.15) is 53.7 Å². The van der Waals surface area contributed by atoms with Crippen LogP contribution < -0.4 is 11.1 Å². The third-order valence-corrected chi connectivity index (χ3v) is 5.43. The van der Waals surface area contributed by atoms with Crippen molar-refractivity contribution in [3.05, 3.63) is 21.4 Å². The molecule has 3 nitrogen and oxygen atoms in total. The SMILES string of the molecule is CC(C)(C)C1CCc2sc(C(=O)NCCCN)cc2C1. The van der Waals surface area contributed by atoms with Gasteiger partial charge in [-0.2, -0.15) is 0 Å². The van der Waals surface area contributed by atoms with E-state index in [1.165, 1.54) is 16.9 Å². The number of fused-ring (bicyclic) bond motifs is 1. The predicted molar refractivity (Wildman–Crippen MR) is 85.3 cm³/mol. The summed E-state index contributed by atoms with van der Waals surface area (Å²) in [7, 11) is 0. The molecule has 0 aliphatic heterocycles. The summed E-state index contributed by atoms with van der Waals surface area (Å²) in [5, 5.41) is 2.94. The first kappa shape index (κ1) is 15.5. The second-order valence-electron chi connectivity index (χ2n) is 6.76. The van der Waals surface area contributed by atoms with E-state index in [1.54, 1.807) is 11.3 Å². The second kappa shape index (κ2) is 6.27. The molecule has 1 amide bonds. The van der Waals surface area contributed by atoms with E-state index in [-0.39, 0.29) is 5.91 Å². The first-order valence-corrected chi connectivity index (χ1v) is 8.33. The minimum atomic E-state index is 0.0603. The molecule has 2 rings (SSSR count). The van der Waals surface area contributed by atoms with E-state index in [2.05, 4.69) is 32.2 Å². The van der Waals surface area contributed by atoms with Crippen molar-refractivity contribution >= 4 is 17.2 Å². The molecule has 0 aromatic carbocycles. The van der Waals surface area contributed by atoms with Gasteiger partial charge >= 0.3 is 0 Å². The van der Waals surface area contributed by atoms with Crippen LogP contribution in [0.3, 0.4) is 0 Å². The average Bonchev–Trinajstić information content (AvgIpc) is 2.80. The van der Waals surface area contributed by atoms with Crippen molar-refractivity contribution in [1.82, 2.24) is 5.32 Å². The van der Waals surface area contributed by atoms with E-state index in [9.17, 15) is 4.79 Å². The van der Waals surface area contributed by atoms with Crippen molar-refractivity contribution < 1.29 is 4.79 Å². The summed E-state index contributed by atoms with van der Waals surface area (Å²) >= 11 is 1.67. The first-order valence-electron chi connectivity index (χ1n) is 7.51. The molecule has 4 heteroatoms. The molecular formula is C16H26N2OS. The van der Waals surface area contributed by atoms with Gasteiger partial charge in [0.1, 0.15) is 0 Å². The minimum Gasteiger partial charge on any atom is -0.351 e. The lowest BCUT2D eigenvalue weighted by Gasteiger charge is -2.33. The van der Waals surface area contributed by atoms with Crippen LogP contribution >= 0.6 is 11.3 Å². The molecule has 3 N–H and O–H groups in total. The highest BCUT2D eigenvalue weighted by Crippen LogP contribution is 2.39. The van der Waals surface area contributed by atoms with Gasteiger partial charge in [-0.05, 0) is 55.2 Å². The van der Waals surface area contributed by atoms with E-state index in [0.29, 0.717) is 18.5 Å². The lowest BCUT2D eigenvalue weighted by molar-refractivity contribution is 0.0957. The Morgan fingerprint density at radius 2 is 2.25 bits per heavy atom. The van der Waals surface area contributed by atoms with E-state index >= 15 is 0 Å². The van der Waals surface area contributed by atoms with Gasteiger partial charge in [-0.3, -0.25) is 4.79 Å². The first-order chi connectivity index (χ1) is 9.41. The number of carbonyl (C=O) groups excluding carboxylic acids is 1. The average molecular weight is 294 g/mol. The number of aryl methyl sites for hydroxylation is 1. The Morgan fingerprint density at radius 1 is 1.50 bits per heavy atom. The van der Waals surface area contributed by atoms with Crippen LogP contribution in [-0.4, -0.2) is 19.0 Å². The van der Waals surface area contributed by atoms with Gasteiger partial charge in [0.2, 0.25) is 0 Å². The molecule has 0 fully saturated rings. The summed E-state index contributed by atoms with van der Waals surface area (Å²) in [6, 6.07) is 2.11. The highest BCUT2D eigenvalue weighted by atomic mass is 32.1. The Labute approximate surface area is 125 Å². The zero-order chi connectivity index (χ0) is 14.8. The van der Waals surface area contributed by atoms with Crippen LogP contribution in [-0.2, 0) is 12.8 Å². The number of hydrogen-bond acceptors (Lipinski definition) is 3. The van der Waals surface area contributed by atoms with Crippen molar-refractivity contribution in [3.8, 4) is 0 Å². The van der Waals surface area contributed by atoms with E-state index in [0.717, 1.165) is 30.1 Å². The number of thiophene rings is 1. The molecule has 1 aliphatic rings. The number of nitrogens with one attached hydrogen (secondary N) is 1. The Kier molecular flexibility index (Phi) is 4.86. The fourth-order valence-electron chi connectivity index (χ4n) is 2.77. The van der Waals surface area contributed by atoms with Crippen LogP contribution in [0.5, 0.6) is 0 Å². The summed E-state index contributed by atoms with van der Waals surface area (Å²) in [6.07, 6.45) is 4.32. The Bertz CT molecular complexity index is 473. The van der Waals surface area contributed by atoms with Crippen LogP contribution in [0.15, 0.2) is 6.07 Å². The molecule has 1 unspecified atom stereocenters. The fraction of sp³-hybridized carbons (Fsp3) is 0.688. The maximum atomic E-state index is 12.1. The minimum absolute atomic E-state index is 0.0603. The molecule has 1 atom stereocenters. The summed E-state index contributed by atoms with van der Waals surface area (Å²) in [5.41, 5.74) is 7.18. The van der Waals surface area contributed by atoms with Crippen molar-refractivity contribution in [2.45, 2.75) is 46.5 Å². The van der Waals surface area contributed by atoms with Crippen molar-refractivity contribution in [2.75, 3.05) is 13.1 Å². The normalized spacial score (nSPS) is 18.7. The van der Waals surface area contributed by atoms with Crippen molar-refractivity contribution in [2.24, 2.45) is 17.1 Å². The molecule has 1 heterocycles. The quantitative estimate of drug-likeness (QED) is 0.839. The summed E-state index contributed by atoms with van der Waals surface area (Å²) in [4.78, 5) is 14.3. The Balaban J connectivity index is 2.03. The molecule has 0 spiro atoms. The largest absolute Gasteiger partial charge is 0.351 e. The molecule has 112 valence electrons. The molecule has 1 aromatic rings. The zero-order valence-corrected chi connectivity index (χ0v) is 13.6. The van der Waals surface area contributed by atoms with Gasteiger partial charge in [0.15, 0.2) is 0 Å². The summed E-state index contributed by atoms with van der Waals surface area (Å²) in [5.74, 6) is 0.780. The summed E-state index contributed by atoms with van der Waals surface area (Å²) in [6.45, 7) is 8.23. The second-order valence-corrected chi connectivity index (χ2v) is 7.90. The van der Waals surface area contributed by atoms with Gasteiger partial charge in [0, 0.05) is 11.4 Å². The van der Waals surface area contributed by atoms with Gasteiger partial charge < -0.3 is 11.1 Å². The van der Waals surface area contributed by atoms with E-state index < -0.39 is 0 Å². The van der Waals surface area contributed by atoms with Gasteiger partial charge in [-0.25, -0.2) is 0 Å². The van der Waals surface area contributed by atoms with Crippen LogP contribution in [0.2, 0.25) is 0 Å². The van der Waals surface area contributed by atoms with Crippen LogP contribution in [0.4, 0.5) is 0 Å². The van der Waals surface area contributed by atoms with Gasteiger partial charge in [-0.1, -0.05) is 20.8 Å². The third kappa shape index (κ3) is 3.61. The lowest BCUT2D eigenvalue weighted by atomic mass is 9.72. The van der Waals surface area contributed by atoms with E-state index in [1.807, 2.05) is 0 Å². The third-order valence-electron chi connectivity index (χ3n) is 4.20. The van der Waals surface area contributed by atoms with Crippen molar-refractivity contribution in [1.29, 1.82) is 0 Å². The lowest BCUT2D eigenvalue weighted by Crippen LogP contribution is -2.26. The molecule has 0 radical (unpaired) electrons. The zero-order valence-electron chi connectivity index (χ0n) is 12.8. The van der Waals surface area contributed by atoms with Gasteiger partial charge in [0.25, 0.3) is 5.91 Å². The Morgan fingerprint density at radius 3 is 2.90 bits per heavy atom. The van der Waals surface area contributed by atoms with Crippen LogP contribution in [0.25, 0.3) is 0 Å². The standard InChI is InChI=1S/C16H26N2OS/c1-16(2,3)12-5-6-13-11(9-12)10-14(20-13)15(19)18-8-4-7-17/h10,12H,4-9,17H2,1-3H3,(H,18,19). The Hall–Kier alpha value is -0.870. The number of nitrogens with two attached hydrogens (primary N) is 1. The van der Waals surface area contributed by atoms with Crippen LogP contribution in [0, 0.1) is 11.3 Å². The predicted octanol–water partition coefficient (Wildman–Crippen LogP) is 2.98. The van der Waals surface area contributed by atoms with Gasteiger partial charge in [-0.15, -0.1) is 11.3 Å². The monoisotopic (exact) mass is 294 g/mol. The molecule has 20 heavy (non-hydrogen) atoms. The van der Waals surface area contributed by atoms with Crippen molar-refractivity contribution in [3.63, 3.8) is 0 Å². The number of amides is 1. The molecule has 0 bridgehead atoms.